The van der Waals surface area contributed by atoms with E-state index in [0.29, 0.717) is 12.6 Å². The Morgan fingerprint density at radius 2 is 2.35 bits per heavy atom. The van der Waals surface area contributed by atoms with Gasteiger partial charge in [-0.15, -0.1) is 0 Å². The molecule has 0 saturated heterocycles. The predicted molar refractivity (Wildman–Crippen MR) is 67.0 cm³/mol. The fraction of sp³-hybridized carbons (Fsp3) is 0.500. The number of hydrogen-bond donors (Lipinski definition) is 1. The Kier molecular flexibility index (Phi) is 2.48. The Morgan fingerprint density at radius 1 is 1.53 bits per heavy atom. The highest BCUT2D eigenvalue weighted by atomic mass is 15.3. The number of aromatic nitrogens is 3. The zero-order valence-electron chi connectivity index (χ0n) is 9.95. The van der Waals surface area contributed by atoms with Crippen molar-refractivity contribution in [3.8, 4) is 0 Å². The van der Waals surface area contributed by atoms with Crippen molar-refractivity contribution in [1.82, 2.24) is 14.6 Å². The minimum absolute atomic E-state index is 0.392. The van der Waals surface area contributed by atoms with Crippen molar-refractivity contribution < 1.29 is 0 Å². The first-order valence-corrected chi connectivity index (χ1v) is 6.02. The first kappa shape index (κ1) is 10.5. The van der Waals surface area contributed by atoms with E-state index >= 15 is 0 Å². The summed E-state index contributed by atoms with van der Waals surface area (Å²) in [7, 11) is 2.07. The van der Waals surface area contributed by atoms with E-state index in [4.69, 9.17) is 5.73 Å². The summed E-state index contributed by atoms with van der Waals surface area (Å²) in [5.41, 5.74) is 6.92. The van der Waals surface area contributed by atoms with Gasteiger partial charge >= 0.3 is 0 Å². The van der Waals surface area contributed by atoms with Crippen LogP contribution in [0.4, 0.5) is 5.82 Å². The topological polar surface area (TPSA) is 59.5 Å². The van der Waals surface area contributed by atoms with Crippen molar-refractivity contribution >= 4 is 11.3 Å². The second kappa shape index (κ2) is 4.00. The lowest BCUT2D eigenvalue weighted by Crippen LogP contribution is -2.40. The predicted octanol–water partition coefficient (Wildman–Crippen LogP) is 0.903. The van der Waals surface area contributed by atoms with Gasteiger partial charge in [0.25, 0.3) is 0 Å². The molecular weight excluding hydrogens is 214 g/mol. The summed E-state index contributed by atoms with van der Waals surface area (Å²) in [6.45, 7) is 0.679. The van der Waals surface area contributed by atoms with Crippen molar-refractivity contribution in [2.24, 2.45) is 11.7 Å². The quantitative estimate of drug-likeness (QED) is 0.849. The minimum Gasteiger partial charge on any atom is -0.353 e. The van der Waals surface area contributed by atoms with Crippen LogP contribution >= 0.6 is 0 Å². The van der Waals surface area contributed by atoms with E-state index in [9.17, 15) is 0 Å². The molecule has 0 radical (unpaired) electrons. The zero-order valence-corrected chi connectivity index (χ0v) is 9.95. The third-order valence-electron chi connectivity index (χ3n) is 3.54. The smallest absolute Gasteiger partial charge is 0.154 e. The molecule has 2 N–H and O–H groups in total. The molecule has 0 bridgehead atoms. The molecule has 90 valence electrons. The maximum atomic E-state index is 5.88. The number of nitrogens with two attached hydrogens (primary N) is 1. The van der Waals surface area contributed by atoms with Crippen LogP contribution in [0.2, 0.25) is 0 Å². The summed E-state index contributed by atoms with van der Waals surface area (Å²) in [5, 5.41) is 4.23. The van der Waals surface area contributed by atoms with E-state index in [2.05, 4.69) is 22.0 Å². The van der Waals surface area contributed by atoms with Crippen LogP contribution in [0.5, 0.6) is 0 Å². The molecule has 0 spiro atoms. The molecule has 1 fully saturated rings. The fourth-order valence-electron chi connectivity index (χ4n) is 2.42. The van der Waals surface area contributed by atoms with Gasteiger partial charge in [0.2, 0.25) is 0 Å². The lowest BCUT2D eigenvalue weighted by atomic mass is 10.1. The Labute approximate surface area is 100 Å². The third-order valence-corrected chi connectivity index (χ3v) is 3.54. The molecule has 2 aromatic rings. The van der Waals surface area contributed by atoms with E-state index < -0.39 is 0 Å². The van der Waals surface area contributed by atoms with E-state index in [1.807, 2.05) is 16.8 Å². The van der Waals surface area contributed by atoms with Gasteiger partial charge in [-0.1, -0.05) is 0 Å². The number of fused-ring (bicyclic) bond motifs is 1. The molecule has 5 heteroatoms. The number of anilines is 1. The molecule has 0 amide bonds. The van der Waals surface area contributed by atoms with Gasteiger partial charge in [0.05, 0.1) is 6.20 Å². The molecule has 3 rings (SSSR count). The van der Waals surface area contributed by atoms with E-state index in [1.165, 1.54) is 12.8 Å². The molecule has 2 heterocycles. The van der Waals surface area contributed by atoms with Crippen LogP contribution in [-0.4, -0.2) is 34.2 Å². The Balaban J connectivity index is 1.98. The number of rotatable bonds is 4. The monoisotopic (exact) mass is 231 g/mol. The summed E-state index contributed by atoms with van der Waals surface area (Å²) in [6.07, 6.45) is 8.01. The number of nitrogens with zero attached hydrogens (tertiary/aromatic N) is 4. The maximum Gasteiger partial charge on any atom is 0.154 e. The average Bonchev–Trinajstić information content (AvgIpc) is 3.06. The van der Waals surface area contributed by atoms with Gasteiger partial charge < -0.3 is 10.6 Å². The highest BCUT2D eigenvalue weighted by Crippen LogP contribution is 2.36. The molecule has 1 atom stereocenters. The van der Waals surface area contributed by atoms with E-state index in [0.717, 1.165) is 17.3 Å². The standard InChI is InChI=1S/C12H17N5/c1-16(11(8-13)9-2-3-9)12-10-4-5-15-17(10)7-6-14-12/h4-7,9,11H,2-3,8,13H2,1H3. The highest BCUT2D eigenvalue weighted by Gasteiger charge is 2.33. The first-order chi connectivity index (χ1) is 8.31. The second-order valence-corrected chi connectivity index (χ2v) is 4.66. The maximum absolute atomic E-state index is 5.88. The zero-order chi connectivity index (χ0) is 11.8. The van der Waals surface area contributed by atoms with Gasteiger partial charge in [-0.2, -0.15) is 5.10 Å². The van der Waals surface area contributed by atoms with Crippen molar-refractivity contribution in [2.75, 3.05) is 18.5 Å². The molecule has 0 aliphatic heterocycles. The van der Waals surface area contributed by atoms with E-state index in [-0.39, 0.29) is 0 Å². The van der Waals surface area contributed by atoms with Gasteiger partial charge in [-0.3, -0.25) is 0 Å². The molecular formula is C12H17N5. The summed E-state index contributed by atoms with van der Waals surface area (Å²) >= 11 is 0. The lowest BCUT2D eigenvalue weighted by Gasteiger charge is -2.28. The lowest BCUT2D eigenvalue weighted by molar-refractivity contribution is 0.566. The van der Waals surface area contributed by atoms with Crippen LogP contribution in [0.25, 0.3) is 5.52 Å². The third kappa shape index (κ3) is 1.76. The van der Waals surface area contributed by atoms with Gasteiger partial charge in [0, 0.05) is 32.0 Å². The van der Waals surface area contributed by atoms with Gasteiger partial charge in [0.1, 0.15) is 5.52 Å². The van der Waals surface area contributed by atoms with E-state index in [1.54, 1.807) is 12.4 Å². The second-order valence-electron chi connectivity index (χ2n) is 4.66. The van der Waals surface area contributed by atoms with Crippen LogP contribution in [0.3, 0.4) is 0 Å². The first-order valence-electron chi connectivity index (χ1n) is 6.02. The molecule has 2 aromatic heterocycles. The molecule has 1 unspecified atom stereocenters. The Bertz CT molecular complexity index is 516. The summed E-state index contributed by atoms with van der Waals surface area (Å²) < 4.78 is 1.85. The SMILES string of the molecule is CN(c1nccn2nccc12)C(CN)C1CC1. The summed E-state index contributed by atoms with van der Waals surface area (Å²) in [4.78, 5) is 6.67. The van der Waals surface area contributed by atoms with Crippen LogP contribution in [-0.2, 0) is 0 Å². The number of likely N-dealkylation sites (N-methyl/N-ethyl adjacent to an activating group) is 1. The van der Waals surface area contributed by atoms with Gasteiger partial charge in [0.15, 0.2) is 5.82 Å². The molecule has 1 saturated carbocycles. The van der Waals surface area contributed by atoms with Crippen molar-refractivity contribution in [1.29, 1.82) is 0 Å². The van der Waals surface area contributed by atoms with Crippen molar-refractivity contribution in [3.63, 3.8) is 0 Å². The van der Waals surface area contributed by atoms with Crippen LogP contribution < -0.4 is 10.6 Å². The van der Waals surface area contributed by atoms with Crippen molar-refractivity contribution in [3.05, 3.63) is 24.7 Å². The molecule has 0 aromatic carbocycles. The molecule has 5 nitrogen and oxygen atoms in total. The summed E-state index contributed by atoms with van der Waals surface area (Å²) in [6, 6.07) is 2.38. The molecule has 1 aliphatic carbocycles. The normalized spacial score (nSPS) is 17.3. The van der Waals surface area contributed by atoms with Crippen LogP contribution in [0.15, 0.2) is 24.7 Å². The van der Waals surface area contributed by atoms with Crippen LogP contribution in [0.1, 0.15) is 12.8 Å². The Morgan fingerprint density at radius 3 is 3.06 bits per heavy atom. The van der Waals surface area contributed by atoms with Crippen molar-refractivity contribution in [2.45, 2.75) is 18.9 Å². The van der Waals surface area contributed by atoms with Crippen LogP contribution in [0, 0.1) is 5.92 Å². The van der Waals surface area contributed by atoms with Gasteiger partial charge in [-0.05, 0) is 24.8 Å². The average molecular weight is 231 g/mol. The summed E-state index contributed by atoms with van der Waals surface area (Å²) in [5.74, 6) is 1.70. The highest BCUT2D eigenvalue weighted by molar-refractivity contribution is 5.68. The fourth-order valence-corrected chi connectivity index (χ4v) is 2.42. The largest absolute Gasteiger partial charge is 0.353 e. The molecule has 1 aliphatic rings. The van der Waals surface area contributed by atoms with Gasteiger partial charge in [-0.25, -0.2) is 9.50 Å². The Hall–Kier alpha value is -1.62. The molecule has 17 heavy (non-hydrogen) atoms. The minimum atomic E-state index is 0.392. The number of hydrogen-bond acceptors (Lipinski definition) is 4.